The fourth-order valence-electron chi connectivity index (χ4n) is 4.95. The highest BCUT2D eigenvalue weighted by Gasteiger charge is 2.43. The number of hydrogen-bond donors (Lipinski definition) is 2. The Morgan fingerprint density at radius 3 is 2.68 bits per heavy atom. The molecule has 2 N–H and O–H groups in total. The standard InChI is InChI=1S/C24H25ClN4OS/c25-16-11-12-21(30)20(15-16)29-23(22(27-24(29)31)18-9-4-5-13-26-18)19-10-6-14-28(19)17-7-2-1-3-8-17/h4-6,9-15,17,22-23,30H,1-3,7-8H2,(H,27,31)/t22-,23-/m1/s1. The molecule has 3 heterocycles. The van der Waals surface area contributed by atoms with E-state index in [4.69, 9.17) is 23.8 Å². The average Bonchev–Trinajstić information content (AvgIpc) is 3.41. The molecular weight excluding hydrogens is 428 g/mol. The van der Waals surface area contributed by atoms with Crippen LogP contribution in [0.2, 0.25) is 5.02 Å². The zero-order valence-corrected chi connectivity index (χ0v) is 18.7. The lowest BCUT2D eigenvalue weighted by Gasteiger charge is -2.32. The molecule has 1 aliphatic heterocycles. The average molecular weight is 453 g/mol. The Morgan fingerprint density at radius 2 is 1.90 bits per heavy atom. The minimum Gasteiger partial charge on any atom is -0.506 e. The molecule has 2 aromatic heterocycles. The summed E-state index contributed by atoms with van der Waals surface area (Å²) in [6.45, 7) is 0. The van der Waals surface area contributed by atoms with Crippen LogP contribution >= 0.6 is 23.8 Å². The van der Waals surface area contributed by atoms with Crippen molar-refractivity contribution >= 4 is 34.6 Å². The Morgan fingerprint density at radius 1 is 1.06 bits per heavy atom. The van der Waals surface area contributed by atoms with E-state index in [9.17, 15) is 5.11 Å². The molecule has 0 unspecified atom stereocenters. The van der Waals surface area contributed by atoms with Gasteiger partial charge in [0.05, 0.1) is 17.4 Å². The Balaban J connectivity index is 1.64. The molecule has 1 aliphatic carbocycles. The van der Waals surface area contributed by atoms with Crippen LogP contribution < -0.4 is 10.2 Å². The molecule has 2 fully saturated rings. The summed E-state index contributed by atoms with van der Waals surface area (Å²) in [5.74, 6) is 0.149. The van der Waals surface area contributed by atoms with Crippen LogP contribution in [0.3, 0.4) is 0 Å². The van der Waals surface area contributed by atoms with Crippen LogP contribution in [0.5, 0.6) is 5.75 Å². The van der Waals surface area contributed by atoms with Gasteiger partial charge in [-0.15, -0.1) is 0 Å². The molecule has 160 valence electrons. The third-order valence-electron chi connectivity index (χ3n) is 6.38. The fraction of sp³-hybridized carbons (Fsp3) is 0.333. The second-order valence-corrected chi connectivity index (χ2v) is 9.08. The Hall–Kier alpha value is -2.57. The van der Waals surface area contributed by atoms with Crippen LogP contribution in [0.15, 0.2) is 60.9 Å². The number of halogens is 1. The van der Waals surface area contributed by atoms with Gasteiger partial charge in [-0.2, -0.15) is 0 Å². The van der Waals surface area contributed by atoms with Crippen LogP contribution in [0.1, 0.15) is 61.6 Å². The summed E-state index contributed by atoms with van der Waals surface area (Å²) in [4.78, 5) is 6.61. The summed E-state index contributed by atoms with van der Waals surface area (Å²) in [6.07, 6.45) is 10.2. The number of hydrogen-bond acceptors (Lipinski definition) is 3. The third-order valence-corrected chi connectivity index (χ3v) is 6.93. The number of aromatic nitrogens is 2. The van der Waals surface area contributed by atoms with Gasteiger partial charge in [0.25, 0.3) is 0 Å². The highest BCUT2D eigenvalue weighted by molar-refractivity contribution is 7.80. The van der Waals surface area contributed by atoms with Gasteiger partial charge < -0.3 is 19.9 Å². The highest BCUT2D eigenvalue weighted by atomic mass is 35.5. The summed E-state index contributed by atoms with van der Waals surface area (Å²) < 4.78 is 2.41. The summed E-state index contributed by atoms with van der Waals surface area (Å²) in [5, 5.41) is 15.3. The predicted octanol–water partition coefficient (Wildman–Crippen LogP) is 5.92. The molecule has 0 bridgehead atoms. The van der Waals surface area contributed by atoms with Crippen LogP contribution in [-0.2, 0) is 0 Å². The topological polar surface area (TPSA) is 53.3 Å². The van der Waals surface area contributed by atoms with E-state index in [-0.39, 0.29) is 17.8 Å². The maximum atomic E-state index is 10.7. The minimum atomic E-state index is -0.163. The molecule has 5 nitrogen and oxygen atoms in total. The monoisotopic (exact) mass is 452 g/mol. The Kier molecular flexibility index (Phi) is 5.59. The number of thiocarbonyl (C=S) groups is 1. The molecule has 0 radical (unpaired) electrons. The molecule has 3 aromatic rings. The zero-order valence-electron chi connectivity index (χ0n) is 17.1. The van der Waals surface area contributed by atoms with Gasteiger partial charge in [-0.25, -0.2) is 0 Å². The fourth-order valence-corrected chi connectivity index (χ4v) is 5.46. The van der Waals surface area contributed by atoms with Gasteiger partial charge >= 0.3 is 0 Å². The molecule has 1 saturated heterocycles. The first-order valence-electron chi connectivity index (χ1n) is 10.8. The lowest BCUT2D eigenvalue weighted by molar-refractivity contribution is 0.339. The maximum Gasteiger partial charge on any atom is 0.174 e. The van der Waals surface area contributed by atoms with Gasteiger partial charge in [-0.05, 0) is 67.5 Å². The normalized spacial score (nSPS) is 22.0. The van der Waals surface area contributed by atoms with Crippen LogP contribution in [0.4, 0.5) is 5.69 Å². The van der Waals surface area contributed by atoms with E-state index in [1.807, 2.05) is 23.1 Å². The molecule has 7 heteroatoms. The van der Waals surface area contributed by atoms with Gasteiger partial charge in [0.1, 0.15) is 11.8 Å². The number of benzene rings is 1. The van der Waals surface area contributed by atoms with Gasteiger partial charge in [-0.1, -0.05) is 36.9 Å². The van der Waals surface area contributed by atoms with Crippen molar-refractivity contribution in [3.63, 3.8) is 0 Å². The van der Waals surface area contributed by atoms with Crippen LogP contribution in [0, 0.1) is 0 Å². The quantitative estimate of drug-likeness (QED) is 0.481. The van der Waals surface area contributed by atoms with E-state index >= 15 is 0 Å². The van der Waals surface area contributed by atoms with Crippen molar-refractivity contribution in [2.75, 3.05) is 4.90 Å². The van der Waals surface area contributed by atoms with E-state index in [2.05, 4.69) is 33.2 Å². The number of aromatic hydroxyl groups is 1. The van der Waals surface area contributed by atoms with Crippen molar-refractivity contribution in [1.29, 1.82) is 0 Å². The number of phenolic OH excluding ortho intramolecular Hbond substituents is 1. The van der Waals surface area contributed by atoms with Gasteiger partial charge in [0.15, 0.2) is 5.11 Å². The lowest BCUT2D eigenvalue weighted by atomic mass is 9.94. The molecule has 5 rings (SSSR count). The second kappa shape index (κ2) is 8.52. The first-order valence-corrected chi connectivity index (χ1v) is 11.6. The second-order valence-electron chi connectivity index (χ2n) is 8.26. The van der Waals surface area contributed by atoms with E-state index in [1.165, 1.54) is 32.1 Å². The molecule has 1 aromatic carbocycles. The molecule has 2 aliphatic rings. The van der Waals surface area contributed by atoms with Crippen molar-refractivity contribution in [1.82, 2.24) is 14.9 Å². The summed E-state index contributed by atoms with van der Waals surface area (Å²) in [6, 6.07) is 15.4. The Labute approximate surface area is 192 Å². The Bertz CT molecular complexity index is 1080. The predicted molar refractivity (Wildman–Crippen MR) is 128 cm³/mol. The minimum absolute atomic E-state index is 0.149. The third kappa shape index (κ3) is 3.79. The number of phenols is 1. The molecule has 2 atom stereocenters. The van der Waals surface area contributed by atoms with E-state index in [1.54, 1.807) is 24.4 Å². The van der Waals surface area contributed by atoms with E-state index in [0.29, 0.717) is 21.9 Å². The molecule has 31 heavy (non-hydrogen) atoms. The summed E-state index contributed by atoms with van der Waals surface area (Å²) >= 11 is 12.1. The van der Waals surface area contributed by atoms with E-state index < -0.39 is 0 Å². The highest BCUT2D eigenvalue weighted by Crippen LogP contribution is 2.46. The zero-order chi connectivity index (χ0) is 21.4. The van der Waals surface area contributed by atoms with Crippen molar-refractivity contribution in [3.05, 3.63) is 77.3 Å². The van der Waals surface area contributed by atoms with Crippen LogP contribution in [-0.4, -0.2) is 19.8 Å². The number of nitrogens with zero attached hydrogens (tertiary/aromatic N) is 3. The summed E-state index contributed by atoms with van der Waals surface area (Å²) in [7, 11) is 0. The van der Waals surface area contributed by atoms with Crippen molar-refractivity contribution in [2.24, 2.45) is 0 Å². The van der Waals surface area contributed by atoms with Gasteiger partial charge in [0, 0.05) is 29.2 Å². The summed E-state index contributed by atoms with van der Waals surface area (Å²) in [5.41, 5.74) is 2.68. The molecule has 0 amide bonds. The molecular formula is C24H25ClN4OS. The van der Waals surface area contributed by atoms with E-state index in [0.717, 1.165) is 11.4 Å². The van der Waals surface area contributed by atoms with Crippen molar-refractivity contribution in [2.45, 2.75) is 50.2 Å². The van der Waals surface area contributed by atoms with Crippen molar-refractivity contribution in [3.8, 4) is 5.75 Å². The number of nitrogens with one attached hydrogen (secondary N) is 1. The maximum absolute atomic E-state index is 10.7. The molecule has 1 saturated carbocycles. The van der Waals surface area contributed by atoms with Gasteiger partial charge in [0.2, 0.25) is 0 Å². The number of rotatable bonds is 4. The SMILES string of the molecule is Oc1ccc(Cl)cc1N1C(=S)N[C@H](c2ccccn2)[C@H]1c1cccn1C1CCCCC1. The number of pyridine rings is 1. The first kappa shape index (κ1) is 20.3. The largest absolute Gasteiger partial charge is 0.506 e. The van der Waals surface area contributed by atoms with Crippen LogP contribution in [0.25, 0.3) is 0 Å². The first-order chi connectivity index (χ1) is 15.1. The van der Waals surface area contributed by atoms with Crippen molar-refractivity contribution < 1.29 is 5.11 Å². The lowest BCUT2D eigenvalue weighted by Crippen LogP contribution is -2.31. The molecule has 0 spiro atoms. The number of anilines is 1. The smallest absolute Gasteiger partial charge is 0.174 e. The van der Waals surface area contributed by atoms with Gasteiger partial charge in [-0.3, -0.25) is 4.98 Å².